The molecule has 3 rings (SSSR count). The van der Waals surface area contributed by atoms with E-state index < -0.39 is 5.56 Å². The van der Waals surface area contributed by atoms with E-state index >= 15 is 0 Å². The van der Waals surface area contributed by atoms with Crippen LogP contribution in [0.5, 0.6) is 5.75 Å². The van der Waals surface area contributed by atoms with Crippen molar-refractivity contribution >= 4 is 33.3 Å². The SMILES string of the molecule is N#Cc1c(N)[nH]c(=O)c(C#N)c1-c1cc(Cl)ccc1OCc1ccc(Br)cc1. The van der Waals surface area contributed by atoms with E-state index in [9.17, 15) is 15.3 Å². The number of pyridine rings is 1. The van der Waals surface area contributed by atoms with E-state index in [0.29, 0.717) is 16.3 Å². The van der Waals surface area contributed by atoms with Crippen LogP contribution >= 0.6 is 27.5 Å². The third kappa shape index (κ3) is 3.86. The van der Waals surface area contributed by atoms with Crippen molar-refractivity contribution in [2.45, 2.75) is 6.61 Å². The lowest BCUT2D eigenvalue weighted by molar-refractivity contribution is 0.307. The van der Waals surface area contributed by atoms with Crippen LogP contribution in [-0.2, 0) is 6.61 Å². The predicted octanol–water partition coefficient (Wildman–Crippen LogP) is 4.36. The van der Waals surface area contributed by atoms with Crippen LogP contribution in [0.4, 0.5) is 5.82 Å². The van der Waals surface area contributed by atoms with Crippen LogP contribution in [0.1, 0.15) is 16.7 Å². The molecule has 0 bridgehead atoms. The molecule has 3 N–H and O–H groups in total. The summed E-state index contributed by atoms with van der Waals surface area (Å²) in [6.45, 7) is 0.240. The van der Waals surface area contributed by atoms with Gasteiger partial charge in [-0.05, 0) is 35.9 Å². The van der Waals surface area contributed by atoms with E-state index in [1.165, 1.54) is 6.07 Å². The molecule has 0 aliphatic rings. The van der Waals surface area contributed by atoms with Gasteiger partial charge in [-0.2, -0.15) is 10.5 Å². The van der Waals surface area contributed by atoms with Crippen molar-refractivity contribution in [1.29, 1.82) is 10.5 Å². The smallest absolute Gasteiger partial charge is 0.268 e. The molecular formula is C20H12BrClN4O2. The molecule has 0 fully saturated rings. The second-order valence-electron chi connectivity index (χ2n) is 5.77. The lowest BCUT2D eigenvalue weighted by atomic mass is 9.96. The Morgan fingerprint density at radius 3 is 2.43 bits per heavy atom. The van der Waals surface area contributed by atoms with Crippen LogP contribution in [0.2, 0.25) is 5.02 Å². The van der Waals surface area contributed by atoms with Crippen LogP contribution < -0.4 is 16.0 Å². The largest absolute Gasteiger partial charge is 0.488 e. The minimum atomic E-state index is -0.687. The molecule has 0 aliphatic carbocycles. The number of halogens is 2. The number of anilines is 1. The van der Waals surface area contributed by atoms with Crippen molar-refractivity contribution < 1.29 is 4.74 Å². The molecule has 0 spiro atoms. The van der Waals surface area contributed by atoms with Gasteiger partial charge in [-0.25, -0.2) is 0 Å². The van der Waals surface area contributed by atoms with Gasteiger partial charge >= 0.3 is 0 Å². The number of H-pyrrole nitrogens is 1. The van der Waals surface area contributed by atoms with Crippen molar-refractivity contribution in [3.05, 3.63) is 79.0 Å². The molecule has 2 aromatic carbocycles. The summed E-state index contributed by atoms with van der Waals surface area (Å²) in [4.78, 5) is 14.5. The minimum absolute atomic E-state index is 0.0214. The van der Waals surface area contributed by atoms with Crippen molar-refractivity contribution in [2.24, 2.45) is 0 Å². The van der Waals surface area contributed by atoms with Crippen molar-refractivity contribution in [3.63, 3.8) is 0 Å². The summed E-state index contributed by atoms with van der Waals surface area (Å²) < 4.78 is 6.85. The number of aromatic amines is 1. The molecule has 3 aromatic rings. The van der Waals surface area contributed by atoms with Crippen molar-refractivity contribution in [3.8, 4) is 29.0 Å². The second-order valence-corrected chi connectivity index (χ2v) is 7.12. The van der Waals surface area contributed by atoms with Crippen molar-refractivity contribution in [1.82, 2.24) is 4.98 Å². The first-order valence-corrected chi connectivity index (χ1v) is 9.14. The van der Waals surface area contributed by atoms with Crippen LogP contribution in [-0.4, -0.2) is 4.98 Å². The maximum Gasteiger partial charge on any atom is 0.268 e. The first-order chi connectivity index (χ1) is 13.4. The fourth-order valence-electron chi connectivity index (χ4n) is 2.68. The van der Waals surface area contributed by atoms with Crippen LogP contribution in [0.15, 0.2) is 51.7 Å². The first kappa shape index (κ1) is 19.5. The zero-order valence-corrected chi connectivity index (χ0v) is 16.6. The fourth-order valence-corrected chi connectivity index (χ4v) is 3.11. The molecule has 0 saturated heterocycles. The topological polar surface area (TPSA) is 116 Å². The summed E-state index contributed by atoms with van der Waals surface area (Å²) in [6.07, 6.45) is 0. The zero-order chi connectivity index (χ0) is 20.3. The molecule has 0 aliphatic heterocycles. The normalized spacial score (nSPS) is 10.1. The Morgan fingerprint density at radius 1 is 1.11 bits per heavy atom. The third-order valence-electron chi connectivity index (χ3n) is 3.99. The number of aromatic nitrogens is 1. The number of ether oxygens (including phenoxy) is 1. The van der Waals surface area contributed by atoms with Gasteiger partial charge in [0, 0.05) is 20.6 Å². The van der Waals surface area contributed by atoms with E-state index in [4.69, 9.17) is 22.1 Å². The van der Waals surface area contributed by atoms with E-state index in [1.807, 2.05) is 36.4 Å². The molecule has 0 saturated carbocycles. The highest BCUT2D eigenvalue weighted by molar-refractivity contribution is 9.10. The highest BCUT2D eigenvalue weighted by Crippen LogP contribution is 2.37. The monoisotopic (exact) mass is 454 g/mol. The molecule has 0 unspecified atom stereocenters. The number of nitrogens with two attached hydrogens (primary N) is 1. The van der Waals surface area contributed by atoms with Gasteiger partial charge in [-0.3, -0.25) is 4.79 Å². The molecule has 0 radical (unpaired) electrons. The Labute approximate surface area is 173 Å². The van der Waals surface area contributed by atoms with Gasteiger partial charge in [0.25, 0.3) is 5.56 Å². The van der Waals surface area contributed by atoms with Crippen LogP contribution in [0.25, 0.3) is 11.1 Å². The number of nitrogens with one attached hydrogen (secondary N) is 1. The van der Waals surface area contributed by atoms with E-state index in [1.54, 1.807) is 12.1 Å². The molecule has 1 aromatic heterocycles. The summed E-state index contributed by atoms with van der Waals surface area (Å²) in [5, 5.41) is 19.4. The number of rotatable bonds is 4. The summed E-state index contributed by atoms with van der Waals surface area (Å²) in [6, 6.07) is 16.1. The van der Waals surface area contributed by atoms with E-state index in [0.717, 1.165) is 10.0 Å². The molecule has 1 heterocycles. The molecule has 28 heavy (non-hydrogen) atoms. The average molecular weight is 456 g/mol. The Kier molecular flexibility index (Phi) is 5.70. The third-order valence-corrected chi connectivity index (χ3v) is 4.75. The zero-order valence-electron chi connectivity index (χ0n) is 14.3. The fraction of sp³-hybridized carbons (Fsp3) is 0.0500. The number of hydrogen-bond acceptors (Lipinski definition) is 5. The lowest BCUT2D eigenvalue weighted by Gasteiger charge is -2.15. The van der Waals surface area contributed by atoms with Gasteiger partial charge in [0.05, 0.1) is 0 Å². The molecule has 138 valence electrons. The molecule has 0 amide bonds. The van der Waals surface area contributed by atoms with Gasteiger partial charge in [-0.15, -0.1) is 0 Å². The van der Waals surface area contributed by atoms with E-state index in [2.05, 4.69) is 20.9 Å². The Bertz CT molecular complexity index is 1190. The Hall–Kier alpha value is -3.26. The average Bonchev–Trinajstić information content (AvgIpc) is 2.67. The highest BCUT2D eigenvalue weighted by atomic mass is 79.9. The number of hydrogen-bond donors (Lipinski definition) is 2. The van der Waals surface area contributed by atoms with E-state index in [-0.39, 0.29) is 29.1 Å². The maximum atomic E-state index is 12.2. The molecule has 0 atom stereocenters. The number of nitriles is 2. The molecular weight excluding hydrogens is 444 g/mol. The lowest BCUT2D eigenvalue weighted by Crippen LogP contribution is -2.16. The second kappa shape index (κ2) is 8.18. The van der Waals surface area contributed by atoms with Crippen LogP contribution in [0, 0.1) is 22.7 Å². The first-order valence-electron chi connectivity index (χ1n) is 7.97. The minimum Gasteiger partial charge on any atom is -0.488 e. The standard InChI is InChI=1S/C20H12BrClN4O2/c21-12-3-1-11(2-4-12)10-28-17-6-5-13(22)7-14(17)18-15(8-23)19(25)26-20(27)16(18)9-24/h1-7H,10H2,(H3,25,26,27). The number of nitrogen functional groups attached to an aromatic ring is 1. The van der Waals surface area contributed by atoms with Crippen LogP contribution in [0.3, 0.4) is 0 Å². The van der Waals surface area contributed by atoms with Gasteiger partial charge in [0.2, 0.25) is 0 Å². The Balaban J connectivity index is 2.15. The van der Waals surface area contributed by atoms with Gasteiger partial charge in [0.15, 0.2) is 0 Å². The molecule has 6 nitrogen and oxygen atoms in total. The number of nitrogens with zero attached hydrogens (tertiary/aromatic N) is 2. The summed E-state index contributed by atoms with van der Waals surface area (Å²) in [5.74, 6) is 0.241. The summed E-state index contributed by atoms with van der Waals surface area (Å²) in [5.41, 5.74) is 6.20. The summed E-state index contributed by atoms with van der Waals surface area (Å²) >= 11 is 9.50. The predicted molar refractivity (Wildman–Crippen MR) is 110 cm³/mol. The quantitative estimate of drug-likeness (QED) is 0.606. The molecule has 8 heteroatoms. The van der Waals surface area contributed by atoms with Gasteiger partial charge in [-0.1, -0.05) is 39.7 Å². The van der Waals surface area contributed by atoms with Gasteiger partial charge < -0.3 is 15.5 Å². The Morgan fingerprint density at radius 2 is 1.79 bits per heavy atom. The maximum absolute atomic E-state index is 12.2. The van der Waals surface area contributed by atoms with Gasteiger partial charge in [0.1, 0.15) is 41.4 Å². The number of benzene rings is 2. The van der Waals surface area contributed by atoms with Crippen molar-refractivity contribution in [2.75, 3.05) is 5.73 Å². The summed E-state index contributed by atoms with van der Waals surface area (Å²) in [7, 11) is 0. The highest BCUT2D eigenvalue weighted by Gasteiger charge is 2.21.